The minimum Gasteiger partial charge on any atom is -0.508 e. The summed E-state index contributed by atoms with van der Waals surface area (Å²) < 4.78 is 65.6. The Morgan fingerprint density at radius 3 is 2.21 bits per heavy atom. The summed E-state index contributed by atoms with van der Waals surface area (Å²) >= 11 is 0. The van der Waals surface area contributed by atoms with Crippen molar-refractivity contribution in [2.45, 2.75) is 6.42 Å². The number of nitrogens with zero attached hydrogens (tertiary/aromatic N) is 1. The third-order valence-electron chi connectivity index (χ3n) is 2.90. The number of nitrogens with one attached hydrogen (secondary N) is 1. The van der Waals surface area contributed by atoms with Crippen molar-refractivity contribution in [2.75, 3.05) is 0 Å². The molecule has 0 radical (unpaired) electrons. The minimum atomic E-state index is -2.28. The van der Waals surface area contributed by atoms with Crippen LogP contribution >= 0.6 is 0 Å². The zero-order chi connectivity index (χ0) is 17.9. The number of amides is 1. The molecule has 2 aromatic rings. The van der Waals surface area contributed by atoms with Crippen molar-refractivity contribution in [3.63, 3.8) is 0 Å². The number of phenols is 1. The first-order valence-electron chi connectivity index (χ1n) is 6.42. The fourth-order valence-corrected chi connectivity index (χ4v) is 1.80. The summed E-state index contributed by atoms with van der Waals surface area (Å²) in [6, 6.07) is 5.74. The van der Waals surface area contributed by atoms with Crippen LogP contribution < -0.4 is 5.43 Å². The summed E-state index contributed by atoms with van der Waals surface area (Å²) in [7, 11) is 0. The van der Waals surface area contributed by atoms with E-state index in [9.17, 15) is 31.9 Å². The third-order valence-corrected chi connectivity index (χ3v) is 2.90. The van der Waals surface area contributed by atoms with Gasteiger partial charge < -0.3 is 5.11 Å². The number of hydrazone groups is 1. The van der Waals surface area contributed by atoms with Crippen molar-refractivity contribution in [3.8, 4) is 5.75 Å². The third kappa shape index (κ3) is 3.67. The van der Waals surface area contributed by atoms with Crippen LogP contribution in [0.4, 0.5) is 22.0 Å². The van der Waals surface area contributed by atoms with Crippen LogP contribution in [0.1, 0.15) is 11.1 Å². The van der Waals surface area contributed by atoms with Crippen LogP contribution in [0.5, 0.6) is 5.75 Å². The number of rotatable bonds is 4. The molecule has 0 heterocycles. The first kappa shape index (κ1) is 17.4. The molecule has 4 nitrogen and oxygen atoms in total. The molecule has 9 heteroatoms. The van der Waals surface area contributed by atoms with Crippen LogP contribution in [0, 0.1) is 29.1 Å². The summed E-state index contributed by atoms with van der Waals surface area (Å²) in [5.41, 5.74) is 1.04. The Bertz CT molecular complexity index is 795. The Balaban J connectivity index is 2.11. The smallest absolute Gasteiger partial charge is 0.244 e. The highest BCUT2D eigenvalue weighted by atomic mass is 19.2. The summed E-state index contributed by atoms with van der Waals surface area (Å²) in [4.78, 5) is 11.6. The van der Waals surface area contributed by atoms with Crippen molar-refractivity contribution in [3.05, 3.63) is 64.5 Å². The fraction of sp³-hybridized carbons (Fsp3) is 0.0667. The minimum absolute atomic E-state index is 0.0646. The molecule has 0 unspecified atom stereocenters. The van der Waals surface area contributed by atoms with E-state index in [1.807, 2.05) is 5.43 Å². The highest BCUT2D eigenvalue weighted by Gasteiger charge is 2.24. The molecule has 0 aliphatic heterocycles. The average Bonchev–Trinajstić information content (AvgIpc) is 2.54. The van der Waals surface area contributed by atoms with Gasteiger partial charge in [-0.05, 0) is 17.7 Å². The molecule has 2 aromatic carbocycles. The Morgan fingerprint density at radius 2 is 1.62 bits per heavy atom. The number of benzene rings is 2. The van der Waals surface area contributed by atoms with E-state index in [1.165, 1.54) is 24.3 Å². The van der Waals surface area contributed by atoms with E-state index in [-0.39, 0.29) is 12.2 Å². The van der Waals surface area contributed by atoms with E-state index in [4.69, 9.17) is 0 Å². The number of hydrogen-bond donors (Lipinski definition) is 2. The van der Waals surface area contributed by atoms with Crippen LogP contribution in [-0.2, 0) is 11.2 Å². The van der Waals surface area contributed by atoms with Gasteiger partial charge in [0.25, 0.3) is 0 Å². The van der Waals surface area contributed by atoms with E-state index in [2.05, 4.69) is 5.10 Å². The van der Waals surface area contributed by atoms with E-state index < -0.39 is 40.6 Å². The highest BCUT2D eigenvalue weighted by Crippen LogP contribution is 2.21. The summed E-state index contributed by atoms with van der Waals surface area (Å²) in [6.45, 7) is 0. The maximum atomic E-state index is 13.4. The molecule has 0 aliphatic rings. The molecule has 126 valence electrons. The number of carbonyl (C=O) groups excluding carboxylic acids is 1. The first-order valence-corrected chi connectivity index (χ1v) is 6.42. The highest BCUT2D eigenvalue weighted by molar-refractivity contribution is 5.83. The Labute approximate surface area is 132 Å². The quantitative estimate of drug-likeness (QED) is 0.295. The number of carbonyl (C=O) groups is 1. The van der Waals surface area contributed by atoms with Crippen LogP contribution in [0.15, 0.2) is 29.4 Å². The van der Waals surface area contributed by atoms with Crippen molar-refractivity contribution in [1.29, 1.82) is 0 Å². The van der Waals surface area contributed by atoms with Crippen molar-refractivity contribution in [1.82, 2.24) is 5.43 Å². The van der Waals surface area contributed by atoms with Crippen LogP contribution in [-0.4, -0.2) is 17.2 Å². The molecule has 2 N–H and O–H groups in total. The molecule has 0 spiro atoms. The van der Waals surface area contributed by atoms with E-state index in [1.54, 1.807) is 0 Å². The number of hydrogen-bond acceptors (Lipinski definition) is 3. The van der Waals surface area contributed by atoms with Gasteiger partial charge in [0.15, 0.2) is 23.3 Å². The topological polar surface area (TPSA) is 61.7 Å². The van der Waals surface area contributed by atoms with Crippen LogP contribution in [0.2, 0.25) is 0 Å². The Hall–Kier alpha value is -2.97. The van der Waals surface area contributed by atoms with Gasteiger partial charge in [-0.15, -0.1) is 0 Å². The molecule has 0 bridgehead atoms. The first-order chi connectivity index (χ1) is 11.3. The van der Waals surface area contributed by atoms with Crippen molar-refractivity contribution in [2.24, 2.45) is 5.10 Å². The summed E-state index contributed by atoms with van der Waals surface area (Å²) in [5, 5.41) is 12.4. The second-order valence-electron chi connectivity index (χ2n) is 4.62. The Morgan fingerprint density at radius 1 is 1.04 bits per heavy atom. The fourth-order valence-electron chi connectivity index (χ4n) is 1.80. The molecule has 1 amide bonds. The lowest BCUT2D eigenvalue weighted by Crippen LogP contribution is -2.20. The Kier molecular flexibility index (Phi) is 5.12. The monoisotopic (exact) mass is 344 g/mol. The zero-order valence-corrected chi connectivity index (χ0v) is 11.8. The number of phenolic OH excluding ortho intramolecular Hbond substituents is 1. The van der Waals surface area contributed by atoms with Gasteiger partial charge in [-0.1, -0.05) is 12.1 Å². The van der Waals surface area contributed by atoms with Crippen LogP contribution in [0.3, 0.4) is 0 Å². The number of halogens is 5. The molecular weight excluding hydrogens is 335 g/mol. The molecule has 0 saturated carbocycles. The van der Waals surface area contributed by atoms with Crippen LogP contribution in [0.25, 0.3) is 0 Å². The van der Waals surface area contributed by atoms with Crippen molar-refractivity contribution >= 4 is 12.1 Å². The van der Waals surface area contributed by atoms with Gasteiger partial charge >= 0.3 is 0 Å². The van der Waals surface area contributed by atoms with Gasteiger partial charge in [0, 0.05) is 0 Å². The molecule has 0 atom stereocenters. The molecule has 0 fully saturated rings. The van der Waals surface area contributed by atoms with Gasteiger partial charge in [-0.25, -0.2) is 27.4 Å². The molecule has 0 aliphatic carbocycles. The average molecular weight is 344 g/mol. The molecule has 2 rings (SSSR count). The van der Waals surface area contributed by atoms with Gasteiger partial charge in [-0.3, -0.25) is 4.79 Å². The van der Waals surface area contributed by atoms with Gasteiger partial charge in [0.05, 0.1) is 18.2 Å². The molecule has 0 aromatic heterocycles. The summed E-state index contributed by atoms with van der Waals surface area (Å²) in [6.07, 6.45) is 0.0967. The zero-order valence-electron chi connectivity index (χ0n) is 11.8. The predicted molar refractivity (Wildman–Crippen MR) is 73.8 cm³/mol. The van der Waals surface area contributed by atoms with Gasteiger partial charge in [0.1, 0.15) is 5.75 Å². The second kappa shape index (κ2) is 7.07. The lowest BCUT2D eigenvalue weighted by Gasteiger charge is -2.04. The van der Waals surface area contributed by atoms with Gasteiger partial charge in [-0.2, -0.15) is 5.10 Å². The van der Waals surface area contributed by atoms with E-state index in [0.717, 1.165) is 0 Å². The lowest BCUT2D eigenvalue weighted by molar-refractivity contribution is -0.120. The van der Waals surface area contributed by atoms with Crippen molar-refractivity contribution < 1.29 is 31.9 Å². The normalized spacial score (nSPS) is 11.0. The standard InChI is InChI=1S/C15H9F5N2O2/c16-11-9(12(17)14(19)15(20)13(11)18)6-21-22-10(24)5-7-2-1-3-8(23)4-7/h1-4,6,23H,5H2,(H,22,24)/b21-6+. The maximum absolute atomic E-state index is 13.4. The molecular formula is C15H9F5N2O2. The second-order valence-corrected chi connectivity index (χ2v) is 4.62. The van der Waals surface area contributed by atoms with E-state index in [0.29, 0.717) is 11.8 Å². The van der Waals surface area contributed by atoms with Gasteiger partial charge in [0.2, 0.25) is 11.7 Å². The maximum Gasteiger partial charge on any atom is 0.244 e. The molecule has 24 heavy (non-hydrogen) atoms. The summed E-state index contributed by atoms with van der Waals surface area (Å²) in [5.74, 6) is -11.4. The largest absolute Gasteiger partial charge is 0.508 e. The molecule has 0 saturated heterocycles. The lowest BCUT2D eigenvalue weighted by atomic mass is 10.1. The SMILES string of the molecule is O=C(Cc1cccc(O)c1)N/N=C/c1c(F)c(F)c(F)c(F)c1F. The number of aromatic hydroxyl groups is 1. The van der Waals surface area contributed by atoms with E-state index >= 15 is 0 Å². The predicted octanol–water partition coefficient (Wildman–Crippen LogP) is 2.78.